The van der Waals surface area contributed by atoms with Crippen molar-refractivity contribution >= 4 is 40.7 Å². The van der Waals surface area contributed by atoms with Gasteiger partial charge >= 0.3 is 0 Å². The van der Waals surface area contributed by atoms with Gasteiger partial charge in [0.2, 0.25) is 5.91 Å². The number of carbonyl (C=O) groups is 2. The third-order valence-electron chi connectivity index (χ3n) is 5.78. The molecule has 0 aromatic heterocycles. The zero-order valence-corrected chi connectivity index (χ0v) is 16.2. The number of anilines is 1. The number of halogens is 3. The first-order valence-corrected chi connectivity index (χ1v) is 9.85. The highest BCUT2D eigenvalue weighted by Crippen LogP contribution is 2.50. The molecule has 5 nitrogen and oxygen atoms in total. The molecule has 0 saturated carbocycles. The summed E-state index contributed by atoms with van der Waals surface area (Å²) in [7, 11) is 0. The first-order valence-electron chi connectivity index (χ1n) is 9.09. The van der Waals surface area contributed by atoms with Crippen molar-refractivity contribution in [2.45, 2.75) is 18.5 Å². The second-order valence-corrected chi connectivity index (χ2v) is 8.04. The molecule has 3 atom stereocenters. The molecule has 0 aliphatic carbocycles. The Morgan fingerprint density at radius 3 is 2.11 bits per heavy atom. The Bertz CT molecular complexity index is 964. The third-order valence-corrected chi connectivity index (χ3v) is 6.39. The van der Waals surface area contributed by atoms with Crippen LogP contribution in [0.5, 0.6) is 0 Å². The van der Waals surface area contributed by atoms with Crippen molar-refractivity contribution in [1.82, 2.24) is 10.0 Å². The molecule has 0 bridgehead atoms. The maximum Gasteiger partial charge on any atom is 0.253 e. The molecule has 0 unspecified atom stereocenters. The first kappa shape index (κ1) is 18.1. The lowest BCUT2D eigenvalue weighted by Crippen LogP contribution is -2.44. The number of amides is 2. The van der Waals surface area contributed by atoms with Crippen molar-refractivity contribution in [3.8, 4) is 0 Å². The molecule has 2 aromatic carbocycles. The molecule has 0 spiro atoms. The average Bonchev–Trinajstić information content (AvgIpc) is 3.30. The lowest BCUT2D eigenvalue weighted by molar-refractivity contribution is -0.126. The van der Waals surface area contributed by atoms with E-state index in [0.29, 0.717) is 6.54 Å². The first-order chi connectivity index (χ1) is 13.5. The molecule has 2 amide bonds. The second kappa shape index (κ2) is 6.52. The minimum atomic E-state index is -0.600. The van der Waals surface area contributed by atoms with Crippen molar-refractivity contribution in [2.24, 2.45) is 5.92 Å². The average molecular weight is 420 g/mol. The van der Waals surface area contributed by atoms with Crippen LogP contribution in [0.2, 0.25) is 10.0 Å². The Labute approximate surface area is 171 Å². The lowest BCUT2D eigenvalue weighted by atomic mass is 9.90. The summed E-state index contributed by atoms with van der Waals surface area (Å²) in [5.41, 5.74) is 1.05. The molecule has 28 heavy (non-hydrogen) atoms. The zero-order chi connectivity index (χ0) is 19.6. The number of carbonyl (C=O) groups excluding carboxylic acids is 2. The van der Waals surface area contributed by atoms with E-state index < -0.39 is 12.0 Å². The van der Waals surface area contributed by atoms with E-state index in [2.05, 4.69) is 5.01 Å². The minimum Gasteiger partial charge on any atom is -0.274 e. The number of benzene rings is 2. The van der Waals surface area contributed by atoms with Gasteiger partial charge in [0, 0.05) is 13.1 Å². The van der Waals surface area contributed by atoms with E-state index in [-0.39, 0.29) is 39.4 Å². The van der Waals surface area contributed by atoms with E-state index in [1.54, 1.807) is 30.3 Å². The Morgan fingerprint density at radius 2 is 1.46 bits per heavy atom. The SMILES string of the molecule is O=C1[C@H]2[C@@H](c3ccc(F)cc3)N3CCCN3[C@H]2C(=O)N1c1c(Cl)cccc1Cl. The van der Waals surface area contributed by atoms with Crippen LogP contribution in [0.25, 0.3) is 0 Å². The molecule has 3 aliphatic rings. The van der Waals surface area contributed by atoms with Gasteiger partial charge in [-0.05, 0) is 36.2 Å². The van der Waals surface area contributed by atoms with E-state index in [1.165, 1.54) is 12.1 Å². The van der Waals surface area contributed by atoms with Crippen LogP contribution in [0, 0.1) is 11.7 Å². The Morgan fingerprint density at radius 1 is 0.857 bits per heavy atom. The summed E-state index contributed by atoms with van der Waals surface area (Å²) in [5, 5.41) is 4.56. The second-order valence-electron chi connectivity index (χ2n) is 7.23. The molecule has 144 valence electrons. The number of hydrogen-bond acceptors (Lipinski definition) is 4. The molecular formula is C20H16Cl2FN3O2. The summed E-state index contributed by atoms with van der Waals surface area (Å²) in [6.45, 7) is 1.45. The van der Waals surface area contributed by atoms with Crippen LogP contribution < -0.4 is 4.90 Å². The van der Waals surface area contributed by atoms with Gasteiger partial charge in [0.05, 0.1) is 27.7 Å². The largest absolute Gasteiger partial charge is 0.274 e. The van der Waals surface area contributed by atoms with Crippen molar-refractivity contribution in [3.63, 3.8) is 0 Å². The minimum absolute atomic E-state index is 0.235. The Hall–Kier alpha value is -1.99. The van der Waals surface area contributed by atoms with E-state index in [4.69, 9.17) is 23.2 Å². The maximum atomic E-state index is 13.4. The summed E-state index contributed by atoms with van der Waals surface area (Å²) in [4.78, 5) is 27.9. The molecule has 8 heteroatoms. The molecule has 3 saturated heterocycles. The van der Waals surface area contributed by atoms with Crippen LogP contribution in [0.15, 0.2) is 42.5 Å². The van der Waals surface area contributed by atoms with Gasteiger partial charge < -0.3 is 0 Å². The van der Waals surface area contributed by atoms with E-state index in [0.717, 1.165) is 23.4 Å². The highest BCUT2D eigenvalue weighted by Gasteiger charge is 2.63. The highest BCUT2D eigenvalue weighted by atomic mass is 35.5. The topological polar surface area (TPSA) is 43.9 Å². The summed E-state index contributed by atoms with van der Waals surface area (Å²) in [6, 6.07) is 10.1. The summed E-state index contributed by atoms with van der Waals surface area (Å²) in [6.07, 6.45) is 0.898. The smallest absolute Gasteiger partial charge is 0.253 e. The highest BCUT2D eigenvalue weighted by molar-refractivity contribution is 6.42. The van der Waals surface area contributed by atoms with Gasteiger partial charge in [-0.1, -0.05) is 41.4 Å². The quantitative estimate of drug-likeness (QED) is 0.696. The van der Waals surface area contributed by atoms with Gasteiger partial charge in [0.25, 0.3) is 5.91 Å². The standard InChI is InChI=1S/C20H16Cl2FN3O2/c21-13-3-1-4-14(22)17(13)26-19(27)15-16(11-5-7-12(23)8-6-11)24-9-2-10-25(24)18(15)20(26)28/h1,3-8,15-16,18H,2,9-10H2/t15-,16+,18+/m0/s1. The number of hydrazine groups is 1. The maximum absolute atomic E-state index is 13.4. The number of nitrogens with zero attached hydrogens (tertiary/aromatic N) is 3. The van der Waals surface area contributed by atoms with Crippen LogP contribution in [0.1, 0.15) is 18.0 Å². The number of rotatable bonds is 2. The predicted octanol–water partition coefficient (Wildman–Crippen LogP) is 3.67. The predicted molar refractivity (Wildman–Crippen MR) is 103 cm³/mol. The molecule has 2 aromatic rings. The number of para-hydroxylation sites is 1. The van der Waals surface area contributed by atoms with Crippen molar-refractivity contribution in [3.05, 3.63) is 63.9 Å². The van der Waals surface area contributed by atoms with Crippen LogP contribution in [0.4, 0.5) is 10.1 Å². The molecule has 3 aliphatic heterocycles. The van der Waals surface area contributed by atoms with Gasteiger partial charge in [0.1, 0.15) is 11.9 Å². The zero-order valence-electron chi connectivity index (χ0n) is 14.7. The molecule has 0 radical (unpaired) electrons. The van der Waals surface area contributed by atoms with Gasteiger partial charge in [-0.3, -0.25) is 9.59 Å². The summed E-state index contributed by atoms with van der Waals surface area (Å²) >= 11 is 12.6. The van der Waals surface area contributed by atoms with Crippen LogP contribution in [-0.2, 0) is 9.59 Å². The van der Waals surface area contributed by atoms with Crippen molar-refractivity contribution in [2.75, 3.05) is 18.0 Å². The van der Waals surface area contributed by atoms with Gasteiger partial charge in [-0.15, -0.1) is 0 Å². The van der Waals surface area contributed by atoms with E-state index in [9.17, 15) is 14.0 Å². The Kier molecular flexibility index (Phi) is 4.21. The number of imide groups is 1. The summed E-state index contributed by atoms with van der Waals surface area (Å²) in [5.74, 6) is -1.57. The fourth-order valence-corrected chi connectivity index (χ4v) is 5.26. The van der Waals surface area contributed by atoms with Crippen LogP contribution in [0.3, 0.4) is 0 Å². The van der Waals surface area contributed by atoms with Gasteiger partial charge in [-0.25, -0.2) is 19.3 Å². The Balaban J connectivity index is 1.62. The molecular weight excluding hydrogens is 404 g/mol. The molecule has 3 fully saturated rings. The van der Waals surface area contributed by atoms with Crippen molar-refractivity contribution in [1.29, 1.82) is 0 Å². The van der Waals surface area contributed by atoms with Crippen LogP contribution >= 0.6 is 23.2 Å². The van der Waals surface area contributed by atoms with Gasteiger partial charge in [-0.2, -0.15) is 0 Å². The monoisotopic (exact) mass is 419 g/mol. The van der Waals surface area contributed by atoms with Gasteiger partial charge in [0.15, 0.2) is 0 Å². The van der Waals surface area contributed by atoms with Crippen molar-refractivity contribution < 1.29 is 14.0 Å². The normalized spacial score (nSPS) is 27.5. The molecule has 3 heterocycles. The molecule has 0 N–H and O–H groups in total. The third kappa shape index (κ3) is 2.45. The summed E-state index contributed by atoms with van der Waals surface area (Å²) < 4.78 is 13.4. The molecule has 5 rings (SSSR count). The fraction of sp³-hybridized carbons (Fsp3) is 0.300. The number of fused-ring (bicyclic) bond motifs is 3. The number of hydrogen-bond donors (Lipinski definition) is 0. The van der Waals surface area contributed by atoms with Crippen LogP contribution in [-0.4, -0.2) is 41.0 Å². The van der Waals surface area contributed by atoms with E-state index >= 15 is 0 Å². The van der Waals surface area contributed by atoms with E-state index in [1.807, 2.05) is 5.01 Å². The lowest BCUT2D eigenvalue weighted by Gasteiger charge is -2.30. The fourth-order valence-electron chi connectivity index (χ4n) is 4.70.